The molecule has 0 bridgehead atoms. The minimum atomic E-state index is 0.114. The van der Waals surface area contributed by atoms with E-state index >= 15 is 0 Å². The summed E-state index contributed by atoms with van der Waals surface area (Å²) in [6.45, 7) is 4.39. The Hall–Kier alpha value is -0.640. The van der Waals surface area contributed by atoms with Gasteiger partial charge < -0.3 is 0 Å². The van der Waals surface area contributed by atoms with Crippen LogP contribution in [0.1, 0.15) is 38.3 Å². The maximum absolute atomic E-state index is 6.06. The van der Waals surface area contributed by atoms with Gasteiger partial charge in [0.25, 0.3) is 0 Å². The van der Waals surface area contributed by atoms with Gasteiger partial charge in [-0.05, 0) is 30.4 Å². The van der Waals surface area contributed by atoms with Gasteiger partial charge in [0, 0.05) is 18.4 Å². The van der Waals surface area contributed by atoms with Crippen LogP contribution in [-0.4, -0.2) is 4.98 Å². The van der Waals surface area contributed by atoms with E-state index < -0.39 is 0 Å². The van der Waals surface area contributed by atoms with E-state index in [1.165, 1.54) is 0 Å². The number of hydrogen-bond acceptors (Lipinski definition) is 3. The van der Waals surface area contributed by atoms with Crippen LogP contribution in [-0.2, 0) is 0 Å². The van der Waals surface area contributed by atoms with Gasteiger partial charge in [0.1, 0.15) is 0 Å². The van der Waals surface area contributed by atoms with E-state index in [1.807, 2.05) is 6.07 Å². The van der Waals surface area contributed by atoms with Crippen LogP contribution in [0.25, 0.3) is 0 Å². The molecule has 3 N–H and O–H groups in total. The molecule has 1 aromatic heterocycles. The van der Waals surface area contributed by atoms with Crippen molar-refractivity contribution >= 4 is 11.6 Å². The first-order valence-electron chi connectivity index (χ1n) is 5.20. The van der Waals surface area contributed by atoms with Crippen molar-refractivity contribution in [3.8, 4) is 0 Å². The lowest BCUT2D eigenvalue weighted by Gasteiger charge is -2.18. The summed E-state index contributed by atoms with van der Waals surface area (Å²) in [6, 6.07) is 2.02. The molecule has 84 valence electrons. The highest BCUT2D eigenvalue weighted by atomic mass is 35.5. The molecular formula is C11H18ClN3. The highest BCUT2D eigenvalue weighted by molar-refractivity contribution is 6.31. The van der Waals surface area contributed by atoms with Crippen LogP contribution < -0.4 is 11.3 Å². The van der Waals surface area contributed by atoms with Gasteiger partial charge in [0.05, 0.1) is 5.02 Å². The zero-order valence-electron chi connectivity index (χ0n) is 9.20. The second-order valence-corrected chi connectivity index (χ2v) is 4.49. The van der Waals surface area contributed by atoms with Crippen LogP contribution in [0.3, 0.4) is 0 Å². The molecule has 0 amide bonds. The largest absolute Gasteiger partial charge is 0.271 e. The van der Waals surface area contributed by atoms with Gasteiger partial charge in [-0.2, -0.15) is 0 Å². The van der Waals surface area contributed by atoms with Crippen LogP contribution in [0.5, 0.6) is 0 Å². The summed E-state index contributed by atoms with van der Waals surface area (Å²) in [4.78, 5) is 3.96. The molecule has 3 nitrogen and oxygen atoms in total. The van der Waals surface area contributed by atoms with Crippen LogP contribution in [0.4, 0.5) is 0 Å². The summed E-state index contributed by atoms with van der Waals surface area (Å²) < 4.78 is 0. The fourth-order valence-corrected chi connectivity index (χ4v) is 1.75. The highest BCUT2D eigenvalue weighted by Crippen LogP contribution is 2.25. The third-order valence-electron chi connectivity index (χ3n) is 2.41. The molecule has 4 heteroatoms. The zero-order chi connectivity index (χ0) is 11.3. The molecule has 0 aliphatic rings. The first-order valence-corrected chi connectivity index (χ1v) is 5.58. The third kappa shape index (κ3) is 3.78. The lowest BCUT2D eigenvalue weighted by atomic mass is 9.99. The number of hydrogen-bond donors (Lipinski definition) is 2. The summed E-state index contributed by atoms with van der Waals surface area (Å²) in [5.41, 5.74) is 3.83. The van der Waals surface area contributed by atoms with E-state index in [0.717, 1.165) is 18.4 Å². The second kappa shape index (κ2) is 6.05. The van der Waals surface area contributed by atoms with Gasteiger partial charge in [0.2, 0.25) is 0 Å². The number of pyridine rings is 1. The van der Waals surface area contributed by atoms with Crippen LogP contribution in [0.2, 0.25) is 5.02 Å². The maximum atomic E-state index is 6.06. The number of hydrazine groups is 1. The van der Waals surface area contributed by atoms with Gasteiger partial charge >= 0.3 is 0 Å². The predicted molar refractivity (Wildman–Crippen MR) is 63.4 cm³/mol. The molecule has 0 aliphatic carbocycles. The lowest BCUT2D eigenvalue weighted by molar-refractivity contribution is 0.448. The van der Waals surface area contributed by atoms with Crippen molar-refractivity contribution in [2.24, 2.45) is 11.8 Å². The lowest BCUT2D eigenvalue weighted by Crippen LogP contribution is -2.28. The van der Waals surface area contributed by atoms with E-state index in [4.69, 9.17) is 17.4 Å². The molecule has 0 fully saturated rings. The van der Waals surface area contributed by atoms with Gasteiger partial charge in [-0.3, -0.25) is 16.3 Å². The normalized spacial score (nSPS) is 13.1. The summed E-state index contributed by atoms with van der Waals surface area (Å²) in [5.74, 6) is 6.20. The van der Waals surface area contributed by atoms with Crippen LogP contribution >= 0.6 is 11.6 Å². The Balaban J connectivity index is 2.70. The Morgan fingerprint density at radius 3 is 2.73 bits per heavy atom. The molecule has 1 aromatic rings. The van der Waals surface area contributed by atoms with E-state index in [9.17, 15) is 0 Å². The minimum Gasteiger partial charge on any atom is -0.271 e. The van der Waals surface area contributed by atoms with Gasteiger partial charge in [-0.25, -0.2) is 0 Å². The fraction of sp³-hybridized carbons (Fsp3) is 0.545. The number of nitrogens with two attached hydrogens (primary N) is 1. The van der Waals surface area contributed by atoms with Crippen molar-refractivity contribution in [1.82, 2.24) is 10.4 Å². The maximum Gasteiger partial charge on any atom is 0.0637 e. The number of aromatic nitrogens is 1. The van der Waals surface area contributed by atoms with Crippen LogP contribution in [0.15, 0.2) is 18.5 Å². The summed E-state index contributed by atoms with van der Waals surface area (Å²) in [7, 11) is 0. The van der Waals surface area contributed by atoms with Crippen LogP contribution in [0, 0.1) is 5.92 Å². The van der Waals surface area contributed by atoms with Crippen molar-refractivity contribution in [1.29, 1.82) is 0 Å². The summed E-state index contributed by atoms with van der Waals surface area (Å²) in [6.07, 6.45) is 5.49. The van der Waals surface area contributed by atoms with E-state index in [2.05, 4.69) is 24.3 Å². The zero-order valence-corrected chi connectivity index (χ0v) is 9.96. The Morgan fingerprint density at radius 2 is 2.20 bits per heavy atom. The fourth-order valence-electron chi connectivity index (χ4n) is 1.50. The molecular weight excluding hydrogens is 210 g/mol. The smallest absolute Gasteiger partial charge is 0.0637 e. The van der Waals surface area contributed by atoms with Gasteiger partial charge in [-0.1, -0.05) is 25.4 Å². The SMILES string of the molecule is CC(C)CCC(NN)c1ccncc1Cl. The Labute approximate surface area is 96.0 Å². The molecule has 0 saturated heterocycles. The molecule has 0 radical (unpaired) electrons. The standard InChI is InChI=1S/C11H18ClN3/c1-8(2)3-4-11(15-13)9-5-6-14-7-10(9)12/h5-8,11,15H,3-4,13H2,1-2H3. The molecule has 0 spiro atoms. The van der Waals surface area contributed by atoms with Crippen molar-refractivity contribution in [2.45, 2.75) is 32.7 Å². The molecule has 1 heterocycles. The summed E-state index contributed by atoms with van der Waals surface area (Å²) in [5, 5.41) is 0.671. The first kappa shape index (κ1) is 12.4. The molecule has 1 atom stereocenters. The number of rotatable bonds is 5. The first-order chi connectivity index (χ1) is 7.15. The quantitative estimate of drug-likeness (QED) is 0.601. The molecule has 1 rings (SSSR count). The second-order valence-electron chi connectivity index (χ2n) is 4.09. The molecule has 1 unspecified atom stereocenters. The third-order valence-corrected chi connectivity index (χ3v) is 2.73. The molecule has 0 aromatic carbocycles. The monoisotopic (exact) mass is 227 g/mol. The predicted octanol–water partition coefficient (Wildman–Crippen LogP) is 2.68. The average Bonchev–Trinajstić information content (AvgIpc) is 2.21. The summed E-state index contributed by atoms with van der Waals surface area (Å²) >= 11 is 6.06. The Morgan fingerprint density at radius 1 is 1.47 bits per heavy atom. The topological polar surface area (TPSA) is 50.9 Å². The average molecular weight is 228 g/mol. The molecule has 0 saturated carbocycles. The number of nitrogens with zero attached hydrogens (tertiary/aromatic N) is 1. The van der Waals surface area contributed by atoms with Crippen molar-refractivity contribution < 1.29 is 0 Å². The van der Waals surface area contributed by atoms with E-state index in [-0.39, 0.29) is 6.04 Å². The Kier molecular flexibility index (Phi) is 5.02. The minimum absolute atomic E-state index is 0.114. The Bertz CT molecular complexity index is 302. The highest BCUT2D eigenvalue weighted by Gasteiger charge is 2.13. The number of nitrogens with one attached hydrogen (secondary N) is 1. The van der Waals surface area contributed by atoms with E-state index in [0.29, 0.717) is 10.9 Å². The van der Waals surface area contributed by atoms with Crippen molar-refractivity contribution in [3.05, 3.63) is 29.0 Å². The van der Waals surface area contributed by atoms with Gasteiger partial charge in [0.15, 0.2) is 0 Å². The number of halogens is 1. The molecule has 15 heavy (non-hydrogen) atoms. The van der Waals surface area contributed by atoms with Gasteiger partial charge in [-0.15, -0.1) is 0 Å². The van der Waals surface area contributed by atoms with E-state index in [1.54, 1.807) is 12.4 Å². The van der Waals surface area contributed by atoms with Crippen molar-refractivity contribution in [2.75, 3.05) is 0 Å². The van der Waals surface area contributed by atoms with Crippen molar-refractivity contribution in [3.63, 3.8) is 0 Å². The molecule has 0 aliphatic heterocycles.